The van der Waals surface area contributed by atoms with Crippen molar-refractivity contribution >= 4 is 82.5 Å². The summed E-state index contributed by atoms with van der Waals surface area (Å²) in [5.41, 5.74) is 0. The molecule has 0 aliphatic rings. The van der Waals surface area contributed by atoms with Gasteiger partial charge in [0.25, 0.3) is 0 Å². The lowest BCUT2D eigenvalue weighted by Crippen LogP contribution is -2.49. The number of carbonyl (C=O) groups is 14. The van der Waals surface area contributed by atoms with Gasteiger partial charge in [0.05, 0.1) is 71.5 Å². The maximum absolute atomic E-state index is 13.0. The predicted octanol–water partition coefficient (Wildman–Crippen LogP) is -3.80. The van der Waals surface area contributed by atoms with Gasteiger partial charge in [-0.05, 0) is 13.3 Å². The molecule has 26 heteroatoms. The molecular weight excluding hydrogens is 957 g/mol. The Morgan fingerprint density at radius 2 is 0.575 bits per heavy atom. The summed E-state index contributed by atoms with van der Waals surface area (Å²) >= 11 is 0. The van der Waals surface area contributed by atoms with Gasteiger partial charge < -0.3 is 59.6 Å². The third-order valence-electron chi connectivity index (χ3n) is 11.5. The standard InChI is InChI=1S/C47H80N12O14/c1-31(2)34(60)17-16-18-35(61)48-20-19-37(63)51(7)22-39(65)53(9)24-41(67)55(11)26-43(69)57(13)28-45(71)59(15)30-46(72)58(14)29-44(70)56(12)27-42(68)54(10)25-40(66)52(8)23-38(64)50(6)21-36(62)49-33(5)47(73)32(3)4/h31-33H,16-30H2,1-15H3,(H,48,61)(H,49,62)/t33-/m0/s1. The van der Waals surface area contributed by atoms with Crippen molar-refractivity contribution in [3.63, 3.8) is 0 Å². The molecule has 0 aromatic heterocycles. The number of nitrogens with zero attached hydrogens (tertiary/aromatic N) is 10. The number of carbonyl (C=O) groups excluding carboxylic acids is 14. The SMILES string of the molecule is CC(C)C(=O)CCCC(=O)NCCC(=O)N(C)CC(=O)N(C)CC(=O)N(C)CC(=O)N(C)CC(=O)N(C)CC(=O)N(C)CC(=O)N(C)CC(=O)N(C)CC(=O)N(C)CC(=O)N(C)CC(=O)N[C@@H](C)C(=O)C(C)C. The highest BCUT2D eigenvalue weighted by atomic mass is 16.2. The average molecular weight is 1040 g/mol. The molecule has 26 nitrogen and oxygen atoms in total. The van der Waals surface area contributed by atoms with Crippen LogP contribution in [-0.2, 0) is 67.1 Å². The summed E-state index contributed by atoms with van der Waals surface area (Å²) in [6.07, 6.45) is 0.764. The summed E-state index contributed by atoms with van der Waals surface area (Å²) in [6.45, 7) is 4.23. The molecular formula is C47H80N12O14. The van der Waals surface area contributed by atoms with Crippen LogP contribution >= 0.6 is 0 Å². The fourth-order valence-corrected chi connectivity index (χ4v) is 6.17. The molecule has 0 bridgehead atoms. The predicted molar refractivity (Wildman–Crippen MR) is 265 cm³/mol. The minimum atomic E-state index is -0.739. The van der Waals surface area contributed by atoms with Crippen LogP contribution in [0.25, 0.3) is 0 Å². The maximum atomic E-state index is 13.0. The van der Waals surface area contributed by atoms with E-state index in [4.69, 9.17) is 0 Å². The van der Waals surface area contributed by atoms with E-state index in [0.29, 0.717) is 12.8 Å². The summed E-state index contributed by atoms with van der Waals surface area (Å²) in [7, 11) is 13.4. The van der Waals surface area contributed by atoms with Crippen molar-refractivity contribution in [2.75, 3.05) is 142 Å². The van der Waals surface area contributed by atoms with Gasteiger partial charge >= 0.3 is 0 Å². The van der Waals surface area contributed by atoms with Crippen molar-refractivity contribution in [1.82, 2.24) is 59.6 Å². The molecule has 12 amide bonds. The lowest BCUT2D eigenvalue weighted by atomic mass is 10.0. The molecule has 0 aliphatic carbocycles. The Morgan fingerprint density at radius 3 is 0.836 bits per heavy atom. The second-order valence-electron chi connectivity index (χ2n) is 18.9. The largest absolute Gasteiger partial charge is 0.356 e. The molecule has 1 atom stereocenters. The van der Waals surface area contributed by atoms with Crippen LogP contribution in [0.1, 0.15) is 60.3 Å². The Kier molecular flexibility index (Phi) is 29.0. The van der Waals surface area contributed by atoms with Gasteiger partial charge in [-0.25, -0.2) is 0 Å². The first kappa shape index (κ1) is 66.0. The molecule has 412 valence electrons. The van der Waals surface area contributed by atoms with Crippen LogP contribution in [0, 0.1) is 11.8 Å². The van der Waals surface area contributed by atoms with Crippen LogP contribution in [0.2, 0.25) is 0 Å². The maximum Gasteiger partial charge on any atom is 0.242 e. The number of amides is 12. The molecule has 0 aromatic rings. The van der Waals surface area contributed by atoms with E-state index in [0.717, 1.165) is 49.0 Å². The second kappa shape index (κ2) is 32.1. The van der Waals surface area contributed by atoms with Gasteiger partial charge in [-0.15, -0.1) is 0 Å². The quantitative estimate of drug-likeness (QED) is 0.0674. The van der Waals surface area contributed by atoms with E-state index in [1.807, 2.05) is 0 Å². The molecule has 0 heterocycles. The molecule has 0 spiro atoms. The minimum absolute atomic E-state index is 0.0401. The lowest BCUT2D eigenvalue weighted by molar-refractivity contribution is -0.146. The van der Waals surface area contributed by atoms with E-state index in [1.54, 1.807) is 34.6 Å². The smallest absolute Gasteiger partial charge is 0.242 e. The van der Waals surface area contributed by atoms with Gasteiger partial charge in [-0.2, -0.15) is 0 Å². The Balaban J connectivity index is 4.86. The van der Waals surface area contributed by atoms with Gasteiger partial charge in [0.1, 0.15) is 5.78 Å². The molecule has 73 heavy (non-hydrogen) atoms. The number of hydrogen-bond donors (Lipinski definition) is 2. The highest BCUT2D eigenvalue weighted by molar-refractivity contribution is 5.95. The number of rotatable bonds is 31. The molecule has 0 unspecified atom stereocenters. The Hall–Kier alpha value is -7.02. The molecule has 0 rings (SSSR count). The molecule has 0 aromatic carbocycles. The van der Waals surface area contributed by atoms with Crippen LogP contribution in [0.3, 0.4) is 0 Å². The topological polar surface area (TPSA) is 295 Å². The van der Waals surface area contributed by atoms with E-state index in [-0.39, 0.29) is 61.8 Å². The zero-order valence-electron chi connectivity index (χ0n) is 45.5. The number of likely N-dealkylation sites (N-methyl/N-ethyl adjacent to an activating group) is 10. The van der Waals surface area contributed by atoms with Crippen molar-refractivity contribution in [2.45, 2.75) is 66.3 Å². The van der Waals surface area contributed by atoms with Gasteiger partial charge in [0.2, 0.25) is 70.9 Å². The van der Waals surface area contributed by atoms with Crippen molar-refractivity contribution in [3.05, 3.63) is 0 Å². The molecule has 0 radical (unpaired) electrons. The highest BCUT2D eigenvalue weighted by Gasteiger charge is 2.27. The van der Waals surface area contributed by atoms with Crippen LogP contribution in [0.15, 0.2) is 0 Å². The van der Waals surface area contributed by atoms with Crippen LogP contribution < -0.4 is 10.6 Å². The highest BCUT2D eigenvalue weighted by Crippen LogP contribution is 2.05. The molecule has 0 saturated carbocycles. The third kappa shape index (κ3) is 25.3. The summed E-state index contributed by atoms with van der Waals surface area (Å²) in [5, 5.41) is 5.15. The number of hydrogen-bond acceptors (Lipinski definition) is 14. The number of ketones is 2. The summed E-state index contributed by atoms with van der Waals surface area (Å²) < 4.78 is 0. The van der Waals surface area contributed by atoms with Crippen molar-refractivity contribution in [2.24, 2.45) is 11.8 Å². The van der Waals surface area contributed by atoms with Gasteiger partial charge in [-0.3, -0.25) is 67.1 Å². The van der Waals surface area contributed by atoms with Gasteiger partial charge in [0.15, 0.2) is 5.78 Å². The number of Topliss-reactive ketones (excluding diaryl/α,β-unsaturated/α-hetero) is 2. The van der Waals surface area contributed by atoms with E-state index >= 15 is 0 Å². The fraction of sp³-hybridized carbons (Fsp3) is 0.702. The van der Waals surface area contributed by atoms with Crippen molar-refractivity contribution < 1.29 is 67.1 Å². The molecule has 0 aliphatic heterocycles. The monoisotopic (exact) mass is 1040 g/mol. The normalized spacial score (nSPS) is 11.1. The fourth-order valence-electron chi connectivity index (χ4n) is 6.17. The summed E-state index contributed by atoms with van der Waals surface area (Å²) in [4.78, 5) is 187. The van der Waals surface area contributed by atoms with E-state index in [1.165, 1.54) is 70.5 Å². The minimum Gasteiger partial charge on any atom is -0.356 e. The van der Waals surface area contributed by atoms with Gasteiger partial charge in [0, 0.05) is 108 Å². The summed E-state index contributed by atoms with van der Waals surface area (Å²) in [6, 6.07) is -0.739. The first-order chi connectivity index (χ1) is 33.7. The first-order valence-corrected chi connectivity index (χ1v) is 23.7. The van der Waals surface area contributed by atoms with E-state index in [2.05, 4.69) is 10.6 Å². The zero-order chi connectivity index (χ0) is 56.6. The van der Waals surface area contributed by atoms with Gasteiger partial charge in [-0.1, -0.05) is 27.7 Å². The van der Waals surface area contributed by atoms with Crippen molar-refractivity contribution in [1.29, 1.82) is 0 Å². The Labute approximate surface area is 428 Å². The average Bonchev–Trinajstić information content (AvgIpc) is 3.30. The van der Waals surface area contributed by atoms with E-state index < -0.39 is 123 Å². The number of nitrogens with one attached hydrogen (secondary N) is 2. The van der Waals surface area contributed by atoms with Crippen LogP contribution in [-0.4, -0.2) is 280 Å². The first-order valence-electron chi connectivity index (χ1n) is 23.7. The Morgan fingerprint density at radius 1 is 0.315 bits per heavy atom. The molecule has 0 fully saturated rings. The van der Waals surface area contributed by atoms with Crippen LogP contribution in [0.4, 0.5) is 0 Å². The Bertz CT molecular complexity index is 2030. The molecule has 0 saturated heterocycles. The third-order valence-corrected chi connectivity index (χ3v) is 11.5. The second-order valence-corrected chi connectivity index (χ2v) is 18.9. The lowest BCUT2D eigenvalue weighted by Gasteiger charge is -2.27. The van der Waals surface area contributed by atoms with Crippen LogP contribution in [0.5, 0.6) is 0 Å². The zero-order valence-corrected chi connectivity index (χ0v) is 45.5. The van der Waals surface area contributed by atoms with Crippen molar-refractivity contribution in [3.8, 4) is 0 Å². The van der Waals surface area contributed by atoms with E-state index in [9.17, 15) is 67.1 Å². The molecule has 2 N–H and O–H groups in total. The summed E-state index contributed by atoms with van der Waals surface area (Å²) in [5.74, 6) is -7.33.